The third-order valence-corrected chi connectivity index (χ3v) is 5.65. The van der Waals surface area contributed by atoms with E-state index in [4.69, 9.17) is 4.74 Å². The number of hydrogen-bond donors (Lipinski definition) is 2. The number of imidazole rings is 1. The van der Waals surface area contributed by atoms with Crippen LogP contribution in [-0.4, -0.2) is 50.0 Å². The molecule has 2 N–H and O–H groups in total. The van der Waals surface area contributed by atoms with Gasteiger partial charge < -0.3 is 15.2 Å². The van der Waals surface area contributed by atoms with Crippen molar-refractivity contribution in [2.24, 2.45) is 0 Å². The summed E-state index contributed by atoms with van der Waals surface area (Å²) in [5.41, 5.74) is 1.75. The van der Waals surface area contributed by atoms with E-state index in [-0.39, 0.29) is 18.6 Å². The second kappa shape index (κ2) is 7.21. The minimum absolute atomic E-state index is 0.0993. The smallest absolute Gasteiger partial charge is 0.389 e. The molecule has 0 spiro atoms. The summed E-state index contributed by atoms with van der Waals surface area (Å²) in [4.78, 5) is 4.18. The van der Waals surface area contributed by atoms with Crippen molar-refractivity contribution in [3.63, 3.8) is 0 Å². The number of fused-ring (bicyclic) bond motifs is 1. The third-order valence-electron chi connectivity index (χ3n) is 5.65. The van der Waals surface area contributed by atoms with E-state index in [0.717, 1.165) is 18.9 Å². The van der Waals surface area contributed by atoms with Crippen molar-refractivity contribution < 1.29 is 23.0 Å². The van der Waals surface area contributed by atoms with Crippen LogP contribution in [-0.2, 0) is 10.9 Å². The van der Waals surface area contributed by atoms with Gasteiger partial charge in [0.2, 0.25) is 5.95 Å². The molecule has 158 valence electrons. The highest BCUT2D eigenvalue weighted by atomic mass is 19.4. The molecule has 3 heterocycles. The first-order chi connectivity index (χ1) is 14.4. The number of halogens is 3. The molecule has 1 aliphatic heterocycles. The van der Waals surface area contributed by atoms with Crippen LogP contribution in [0.5, 0.6) is 0 Å². The SMILES string of the molecule is O[C@@H]1COCC[C@H]1Nc1nnc(-c2ccc(C(F)(F)F)cc2C2CC2)c2cncn12. The van der Waals surface area contributed by atoms with E-state index in [1.54, 1.807) is 16.9 Å². The van der Waals surface area contributed by atoms with Gasteiger partial charge in [0.1, 0.15) is 12.0 Å². The molecule has 2 fully saturated rings. The van der Waals surface area contributed by atoms with Crippen molar-refractivity contribution in [3.05, 3.63) is 41.9 Å². The molecule has 7 nitrogen and oxygen atoms in total. The van der Waals surface area contributed by atoms with Gasteiger partial charge in [-0.3, -0.25) is 4.40 Å². The monoisotopic (exact) mass is 419 g/mol. The summed E-state index contributed by atoms with van der Waals surface area (Å²) in [6.45, 7) is 0.774. The Morgan fingerprint density at radius 2 is 2.00 bits per heavy atom. The molecule has 0 bridgehead atoms. The molecule has 0 unspecified atom stereocenters. The lowest BCUT2D eigenvalue weighted by Crippen LogP contribution is -2.42. The Bertz CT molecular complexity index is 1080. The average Bonchev–Trinajstić information content (AvgIpc) is 3.45. The fourth-order valence-corrected chi connectivity index (χ4v) is 3.87. The van der Waals surface area contributed by atoms with E-state index in [1.807, 2.05) is 0 Å². The van der Waals surface area contributed by atoms with Gasteiger partial charge in [-0.25, -0.2) is 4.98 Å². The van der Waals surface area contributed by atoms with E-state index >= 15 is 0 Å². The van der Waals surface area contributed by atoms with E-state index in [0.29, 0.717) is 41.3 Å². The average molecular weight is 419 g/mol. The Hall–Kier alpha value is -2.72. The van der Waals surface area contributed by atoms with Crippen molar-refractivity contribution in [1.29, 1.82) is 0 Å². The highest BCUT2D eigenvalue weighted by Gasteiger charge is 2.35. The standard InChI is InChI=1S/C20H20F3N5O2/c21-20(22,23)12-3-4-13(14(7-12)11-1-2-11)18-16-8-24-10-28(16)19(27-26-18)25-15-5-6-30-9-17(15)29/h3-4,7-8,10-11,15,17,29H,1-2,5-6,9H2,(H,25,27)/t15-,17-/m1/s1. The van der Waals surface area contributed by atoms with Crippen molar-refractivity contribution in [3.8, 4) is 11.3 Å². The molecular formula is C20H20F3N5O2. The predicted molar refractivity (Wildman–Crippen MR) is 102 cm³/mol. The first-order valence-corrected chi connectivity index (χ1v) is 9.84. The van der Waals surface area contributed by atoms with Gasteiger partial charge in [-0.2, -0.15) is 13.2 Å². The highest BCUT2D eigenvalue weighted by molar-refractivity contribution is 5.80. The molecule has 1 aliphatic carbocycles. The Kier molecular flexibility index (Phi) is 4.62. The van der Waals surface area contributed by atoms with Crippen molar-refractivity contribution in [2.75, 3.05) is 18.5 Å². The van der Waals surface area contributed by atoms with Crippen molar-refractivity contribution in [2.45, 2.75) is 43.5 Å². The number of rotatable bonds is 4. The van der Waals surface area contributed by atoms with Crippen LogP contribution in [0.3, 0.4) is 0 Å². The van der Waals surface area contributed by atoms with Crippen LogP contribution >= 0.6 is 0 Å². The summed E-state index contributed by atoms with van der Waals surface area (Å²) in [6, 6.07) is 3.55. The van der Waals surface area contributed by atoms with Gasteiger partial charge in [0.05, 0.1) is 36.0 Å². The number of nitrogens with zero attached hydrogens (tertiary/aromatic N) is 4. The molecule has 30 heavy (non-hydrogen) atoms. The van der Waals surface area contributed by atoms with Crippen LogP contribution in [0.2, 0.25) is 0 Å². The van der Waals surface area contributed by atoms with Crippen LogP contribution in [0.1, 0.15) is 36.3 Å². The zero-order valence-electron chi connectivity index (χ0n) is 15.9. The van der Waals surface area contributed by atoms with Crippen molar-refractivity contribution >= 4 is 11.5 Å². The van der Waals surface area contributed by atoms with Gasteiger partial charge in [0.25, 0.3) is 0 Å². The number of aliphatic hydroxyl groups is 1. The normalized spacial score (nSPS) is 22.4. The second-order valence-electron chi connectivity index (χ2n) is 7.78. The minimum atomic E-state index is -4.39. The maximum atomic E-state index is 13.2. The van der Waals surface area contributed by atoms with Gasteiger partial charge in [0, 0.05) is 12.2 Å². The van der Waals surface area contributed by atoms with Gasteiger partial charge in [-0.1, -0.05) is 6.07 Å². The molecule has 2 aromatic heterocycles. The van der Waals surface area contributed by atoms with Crippen LogP contribution in [0.15, 0.2) is 30.7 Å². The Balaban J connectivity index is 1.55. The molecule has 5 rings (SSSR count). The van der Waals surface area contributed by atoms with Gasteiger partial charge in [-0.05, 0) is 42.9 Å². The minimum Gasteiger partial charge on any atom is -0.389 e. The number of hydrogen-bond acceptors (Lipinski definition) is 6. The fraction of sp³-hybridized carbons (Fsp3) is 0.450. The first kappa shape index (κ1) is 19.3. The number of ether oxygens (including phenoxy) is 1. The Morgan fingerprint density at radius 1 is 1.17 bits per heavy atom. The third kappa shape index (κ3) is 3.50. The second-order valence-corrected chi connectivity index (χ2v) is 7.78. The zero-order valence-corrected chi connectivity index (χ0v) is 15.9. The number of anilines is 1. The summed E-state index contributed by atoms with van der Waals surface area (Å²) >= 11 is 0. The van der Waals surface area contributed by atoms with Gasteiger partial charge in [-0.15, -0.1) is 10.2 Å². The molecule has 3 aromatic rings. The topological polar surface area (TPSA) is 84.6 Å². The van der Waals surface area contributed by atoms with Gasteiger partial charge in [0.15, 0.2) is 0 Å². The molecule has 1 saturated heterocycles. The summed E-state index contributed by atoms with van der Waals surface area (Å²) in [6.07, 6.45) is 0.461. The van der Waals surface area contributed by atoms with Crippen LogP contribution in [0.25, 0.3) is 16.8 Å². The highest BCUT2D eigenvalue weighted by Crippen LogP contribution is 2.46. The molecule has 2 atom stereocenters. The molecule has 0 amide bonds. The lowest BCUT2D eigenvalue weighted by molar-refractivity contribution is -0.137. The van der Waals surface area contributed by atoms with E-state index in [2.05, 4.69) is 20.5 Å². The molecule has 1 aromatic carbocycles. The first-order valence-electron chi connectivity index (χ1n) is 9.84. The molecule has 1 saturated carbocycles. The Labute approximate surface area is 169 Å². The van der Waals surface area contributed by atoms with Gasteiger partial charge >= 0.3 is 6.18 Å². The number of aromatic nitrogens is 4. The summed E-state index contributed by atoms with van der Waals surface area (Å²) < 4.78 is 46.6. The molecular weight excluding hydrogens is 399 g/mol. The lowest BCUT2D eigenvalue weighted by atomic mass is 9.97. The summed E-state index contributed by atoms with van der Waals surface area (Å²) in [5, 5.41) is 21.9. The predicted octanol–water partition coefficient (Wildman–Crippen LogP) is 3.25. The largest absolute Gasteiger partial charge is 0.416 e. The lowest BCUT2D eigenvalue weighted by Gasteiger charge is -2.28. The fourth-order valence-electron chi connectivity index (χ4n) is 3.87. The van der Waals surface area contributed by atoms with Crippen LogP contribution < -0.4 is 5.32 Å². The number of aliphatic hydroxyl groups excluding tert-OH is 1. The van der Waals surface area contributed by atoms with E-state index in [1.165, 1.54) is 12.1 Å². The summed E-state index contributed by atoms with van der Waals surface area (Å²) in [5.74, 6) is 0.513. The quantitative estimate of drug-likeness (QED) is 0.676. The summed E-state index contributed by atoms with van der Waals surface area (Å²) in [7, 11) is 0. The number of nitrogens with one attached hydrogen (secondary N) is 1. The zero-order chi connectivity index (χ0) is 20.9. The van der Waals surface area contributed by atoms with Crippen molar-refractivity contribution in [1.82, 2.24) is 19.6 Å². The molecule has 2 aliphatic rings. The number of alkyl halides is 3. The Morgan fingerprint density at radius 3 is 2.73 bits per heavy atom. The molecule has 0 radical (unpaired) electrons. The van der Waals surface area contributed by atoms with E-state index in [9.17, 15) is 18.3 Å². The van der Waals surface area contributed by atoms with Crippen LogP contribution in [0.4, 0.5) is 19.1 Å². The van der Waals surface area contributed by atoms with Crippen LogP contribution in [0, 0.1) is 0 Å². The maximum absolute atomic E-state index is 13.2. The maximum Gasteiger partial charge on any atom is 0.416 e. The number of benzene rings is 1. The molecule has 10 heteroatoms. The van der Waals surface area contributed by atoms with E-state index < -0.39 is 17.8 Å².